The van der Waals surface area contributed by atoms with E-state index in [0.717, 1.165) is 24.2 Å². The molecule has 1 fully saturated rings. The number of hydrogen-bond donors (Lipinski definition) is 1. The monoisotopic (exact) mass is 432 g/mol. The SMILES string of the molecule is CN(C)S(=O)(=O)N1CCCC1c1cc(CCOc2ccc(C(F)(F)F)cc2)[nH]n1. The van der Waals surface area contributed by atoms with Crippen LogP contribution in [0.4, 0.5) is 13.2 Å². The molecule has 160 valence electrons. The van der Waals surface area contributed by atoms with Crippen molar-refractivity contribution in [2.45, 2.75) is 31.5 Å². The molecular weight excluding hydrogens is 409 g/mol. The molecule has 1 atom stereocenters. The van der Waals surface area contributed by atoms with Crippen molar-refractivity contribution in [2.24, 2.45) is 0 Å². The Hall–Kier alpha value is -2.11. The Morgan fingerprint density at radius 3 is 2.59 bits per heavy atom. The molecule has 0 bridgehead atoms. The van der Waals surface area contributed by atoms with E-state index in [0.29, 0.717) is 30.8 Å². The van der Waals surface area contributed by atoms with Crippen LogP contribution in [0.2, 0.25) is 0 Å². The van der Waals surface area contributed by atoms with Crippen LogP contribution in [0.5, 0.6) is 5.75 Å². The van der Waals surface area contributed by atoms with Gasteiger partial charge in [0.2, 0.25) is 0 Å². The first-order valence-electron chi connectivity index (χ1n) is 9.12. The summed E-state index contributed by atoms with van der Waals surface area (Å²) in [7, 11) is -0.525. The van der Waals surface area contributed by atoms with E-state index in [4.69, 9.17) is 4.74 Å². The molecule has 11 heteroatoms. The minimum Gasteiger partial charge on any atom is -0.493 e. The number of rotatable bonds is 7. The van der Waals surface area contributed by atoms with Gasteiger partial charge in [-0.2, -0.15) is 35.3 Å². The van der Waals surface area contributed by atoms with Crippen molar-refractivity contribution < 1.29 is 26.3 Å². The molecule has 0 radical (unpaired) electrons. The zero-order chi connectivity index (χ0) is 21.2. The summed E-state index contributed by atoms with van der Waals surface area (Å²) in [5, 5.41) is 7.14. The smallest absolute Gasteiger partial charge is 0.416 e. The highest BCUT2D eigenvalue weighted by molar-refractivity contribution is 7.86. The number of nitrogens with one attached hydrogen (secondary N) is 1. The predicted octanol–water partition coefficient (Wildman–Crippen LogP) is 2.99. The highest BCUT2D eigenvalue weighted by Gasteiger charge is 2.37. The number of alkyl halides is 3. The summed E-state index contributed by atoms with van der Waals surface area (Å²) in [5.41, 5.74) is 0.690. The second kappa shape index (κ2) is 8.33. The van der Waals surface area contributed by atoms with Crippen molar-refractivity contribution in [3.05, 3.63) is 47.3 Å². The highest BCUT2D eigenvalue weighted by Crippen LogP contribution is 2.34. The fraction of sp³-hybridized carbons (Fsp3) is 0.500. The zero-order valence-electron chi connectivity index (χ0n) is 16.1. The lowest BCUT2D eigenvalue weighted by molar-refractivity contribution is -0.137. The van der Waals surface area contributed by atoms with Crippen molar-refractivity contribution in [1.82, 2.24) is 18.8 Å². The molecule has 1 aliphatic heterocycles. The Labute approximate surface area is 167 Å². The van der Waals surface area contributed by atoms with Gasteiger partial charge in [-0.3, -0.25) is 5.10 Å². The molecule has 29 heavy (non-hydrogen) atoms. The van der Waals surface area contributed by atoms with E-state index in [9.17, 15) is 21.6 Å². The molecule has 1 unspecified atom stereocenters. The quantitative estimate of drug-likeness (QED) is 0.730. The van der Waals surface area contributed by atoms with E-state index in [2.05, 4.69) is 10.2 Å². The van der Waals surface area contributed by atoms with Crippen LogP contribution in [0.3, 0.4) is 0 Å². The van der Waals surface area contributed by atoms with E-state index < -0.39 is 21.9 Å². The molecule has 2 aromatic rings. The average molecular weight is 432 g/mol. The Morgan fingerprint density at radius 1 is 1.28 bits per heavy atom. The van der Waals surface area contributed by atoms with Gasteiger partial charge < -0.3 is 4.74 Å². The summed E-state index contributed by atoms with van der Waals surface area (Å²) in [6.45, 7) is 0.696. The number of benzene rings is 1. The summed E-state index contributed by atoms with van der Waals surface area (Å²) in [5.74, 6) is 0.344. The molecule has 1 aromatic carbocycles. The molecule has 1 saturated heterocycles. The predicted molar refractivity (Wildman–Crippen MR) is 101 cm³/mol. The van der Waals surface area contributed by atoms with Gasteiger partial charge in [-0.05, 0) is 43.2 Å². The van der Waals surface area contributed by atoms with Crippen LogP contribution in [-0.4, -0.2) is 54.5 Å². The minimum absolute atomic E-state index is 0.247. The summed E-state index contributed by atoms with van der Waals surface area (Å²) in [6.07, 6.45) is -2.46. The number of H-pyrrole nitrogens is 1. The normalized spacial score (nSPS) is 18.5. The maximum Gasteiger partial charge on any atom is 0.416 e. The third-order valence-electron chi connectivity index (χ3n) is 4.78. The van der Waals surface area contributed by atoms with Crippen LogP contribution in [0.15, 0.2) is 30.3 Å². The molecule has 0 saturated carbocycles. The van der Waals surface area contributed by atoms with Crippen LogP contribution < -0.4 is 4.74 Å². The van der Waals surface area contributed by atoms with Crippen molar-refractivity contribution in [2.75, 3.05) is 27.2 Å². The fourth-order valence-corrected chi connectivity index (χ4v) is 4.53. The van der Waals surface area contributed by atoms with Crippen molar-refractivity contribution in [1.29, 1.82) is 0 Å². The highest BCUT2D eigenvalue weighted by atomic mass is 32.2. The Morgan fingerprint density at radius 2 is 1.97 bits per heavy atom. The van der Waals surface area contributed by atoms with Gasteiger partial charge in [-0.15, -0.1) is 0 Å². The summed E-state index contributed by atoms with van der Waals surface area (Å²) >= 11 is 0. The molecule has 3 rings (SSSR count). The van der Waals surface area contributed by atoms with Gasteiger partial charge in [-0.25, -0.2) is 0 Å². The number of halogens is 3. The van der Waals surface area contributed by atoms with E-state index in [1.807, 2.05) is 6.07 Å². The Kier molecular flexibility index (Phi) is 6.20. The molecule has 1 aliphatic rings. The maximum atomic E-state index is 12.6. The van der Waals surface area contributed by atoms with E-state index >= 15 is 0 Å². The van der Waals surface area contributed by atoms with Gasteiger partial charge in [0.1, 0.15) is 5.75 Å². The van der Waals surface area contributed by atoms with Crippen LogP contribution in [0, 0.1) is 0 Å². The fourth-order valence-electron chi connectivity index (χ4n) is 3.22. The van der Waals surface area contributed by atoms with Gasteiger partial charge >= 0.3 is 6.18 Å². The lowest BCUT2D eigenvalue weighted by Gasteiger charge is -2.25. The van der Waals surface area contributed by atoms with Crippen molar-refractivity contribution in [3.63, 3.8) is 0 Å². The largest absolute Gasteiger partial charge is 0.493 e. The van der Waals surface area contributed by atoms with E-state index in [1.165, 1.54) is 34.8 Å². The molecule has 7 nitrogen and oxygen atoms in total. The van der Waals surface area contributed by atoms with Gasteiger partial charge in [0.25, 0.3) is 10.2 Å². The molecule has 1 N–H and O–H groups in total. The number of ether oxygens (including phenoxy) is 1. The molecule has 0 spiro atoms. The number of aromatic nitrogens is 2. The summed E-state index contributed by atoms with van der Waals surface area (Å²) < 4.78 is 70.8. The summed E-state index contributed by atoms with van der Waals surface area (Å²) in [6, 6.07) is 6.01. The number of nitrogens with zero attached hydrogens (tertiary/aromatic N) is 3. The molecule has 2 heterocycles. The van der Waals surface area contributed by atoms with Gasteiger partial charge in [0.15, 0.2) is 0 Å². The second-order valence-corrected chi connectivity index (χ2v) is 9.09. The number of hydrogen-bond acceptors (Lipinski definition) is 4. The first-order valence-corrected chi connectivity index (χ1v) is 10.5. The first kappa shape index (κ1) is 21.6. The lowest BCUT2D eigenvalue weighted by atomic mass is 10.1. The van der Waals surface area contributed by atoms with Crippen LogP contribution in [-0.2, 0) is 22.8 Å². The molecular formula is C18H23F3N4O3S. The first-order chi connectivity index (χ1) is 13.6. The molecule has 0 amide bonds. The van der Waals surface area contributed by atoms with Gasteiger partial charge in [0.05, 0.1) is 23.9 Å². The average Bonchev–Trinajstić information content (AvgIpc) is 3.30. The van der Waals surface area contributed by atoms with Crippen LogP contribution in [0.25, 0.3) is 0 Å². The van der Waals surface area contributed by atoms with Crippen molar-refractivity contribution in [3.8, 4) is 5.75 Å². The van der Waals surface area contributed by atoms with Crippen LogP contribution >= 0.6 is 0 Å². The molecule has 1 aromatic heterocycles. The third kappa shape index (κ3) is 4.90. The Bertz CT molecular complexity index is 927. The van der Waals surface area contributed by atoms with Crippen LogP contribution in [0.1, 0.15) is 35.8 Å². The minimum atomic E-state index is -4.38. The maximum absolute atomic E-state index is 12.6. The number of aromatic amines is 1. The van der Waals surface area contributed by atoms with Gasteiger partial charge in [-0.1, -0.05) is 0 Å². The summed E-state index contributed by atoms with van der Waals surface area (Å²) in [4.78, 5) is 0. The van der Waals surface area contributed by atoms with E-state index in [1.54, 1.807) is 0 Å². The second-order valence-electron chi connectivity index (χ2n) is 7.00. The standard InChI is InChI=1S/C18H23F3N4O3S/c1-24(2)29(26,27)25-10-3-4-17(25)16-12-14(22-23-16)9-11-28-15-7-5-13(6-8-15)18(19,20)21/h5-8,12,17H,3-4,9-11H2,1-2H3,(H,22,23). The lowest BCUT2D eigenvalue weighted by Crippen LogP contribution is -2.39. The topological polar surface area (TPSA) is 78.5 Å². The van der Waals surface area contributed by atoms with Crippen molar-refractivity contribution >= 4 is 10.2 Å². The van der Waals surface area contributed by atoms with Gasteiger partial charge in [0, 0.05) is 32.8 Å². The zero-order valence-corrected chi connectivity index (χ0v) is 16.9. The van der Waals surface area contributed by atoms with E-state index in [-0.39, 0.29) is 12.6 Å². The molecule has 0 aliphatic carbocycles. The Balaban J connectivity index is 1.58. The third-order valence-corrected chi connectivity index (χ3v) is 6.73.